The van der Waals surface area contributed by atoms with Gasteiger partial charge in [0.25, 0.3) is 0 Å². The molecule has 1 amide bonds. The van der Waals surface area contributed by atoms with Gasteiger partial charge in [-0.3, -0.25) is 4.79 Å². The van der Waals surface area contributed by atoms with Gasteiger partial charge >= 0.3 is 0 Å². The van der Waals surface area contributed by atoms with Crippen molar-refractivity contribution in [2.24, 2.45) is 5.92 Å². The van der Waals surface area contributed by atoms with E-state index in [1.165, 1.54) is 0 Å². The molecule has 0 radical (unpaired) electrons. The van der Waals surface area contributed by atoms with Crippen molar-refractivity contribution in [2.75, 3.05) is 13.6 Å². The highest BCUT2D eigenvalue weighted by Gasteiger charge is 2.27. The van der Waals surface area contributed by atoms with Gasteiger partial charge < -0.3 is 9.69 Å². The summed E-state index contributed by atoms with van der Waals surface area (Å²) in [6.07, 6.45) is 1.42. The number of hydrogen-bond acceptors (Lipinski definition) is 2. The highest BCUT2D eigenvalue weighted by molar-refractivity contribution is 5.93. The highest BCUT2D eigenvalue weighted by Crippen LogP contribution is 2.12. The number of nitrogens with zero attached hydrogens (tertiary/aromatic N) is 1. The maximum atomic E-state index is 10.8. The van der Waals surface area contributed by atoms with E-state index in [1.54, 1.807) is 11.9 Å². The Labute approximate surface area is 53.6 Å². The first kappa shape index (κ1) is 6.26. The maximum absolute atomic E-state index is 10.8. The molecular formula is C6H9NO2. The van der Waals surface area contributed by atoms with Crippen molar-refractivity contribution in [3.63, 3.8) is 0 Å². The maximum Gasteiger partial charge on any atom is 0.232 e. The predicted molar refractivity (Wildman–Crippen MR) is 31.8 cm³/mol. The Morgan fingerprint density at radius 1 is 1.78 bits per heavy atom. The lowest BCUT2D eigenvalue weighted by molar-refractivity contribution is -0.132. The van der Waals surface area contributed by atoms with Crippen molar-refractivity contribution >= 4 is 12.2 Å². The van der Waals surface area contributed by atoms with Gasteiger partial charge in [0.15, 0.2) is 0 Å². The lowest BCUT2D eigenvalue weighted by atomic mass is 10.1. The minimum absolute atomic E-state index is 0.0370. The minimum atomic E-state index is -0.352. The van der Waals surface area contributed by atoms with Crippen LogP contribution in [0.5, 0.6) is 0 Å². The third-order valence-electron chi connectivity index (χ3n) is 1.63. The molecule has 1 atom stereocenters. The van der Waals surface area contributed by atoms with E-state index in [0.717, 1.165) is 12.8 Å². The molecule has 1 rings (SSSR count). The normalized spacial score (nSPS) is 27.0. The van der Waals surface area contributed by atoms with Crippen LogP contribution < -0.4 is 0 Å². The van der Waals surface area contributed by atoms with Crippen LogP contribution in [-0.4, -0.2) is 30.7 Å². The first-order chi connectivity index (χ1) is 4.25. The van der Waals surface area contributed by atoms with Gasteiger partial charge in [-0.2, -0.15) is 0 Å². The molecule has 1 aliphatic rings. The Morgan fingerprint density at radius 2 is 2.44 bits per heavy atom. The molecular weight excluding hydrogens is 118 g/mol. The van der Waals surface area contributed by atoms with Gasteiger partial charge in [0.2, 0.25) is 5.91 Å². The first-order valence-corrected chi connectivity index (χ1v) is 2.96. The van der Waals surface area contributed by atoms with Crippen molar-refractivity contribution in [1.29, 1.82) is 0 Å². The molecule has 3 nitrogen and oxygen atoms in total. The van der Waals surface area contributed by atoms with E-state index in [1.807, 2.05) is 0 Å². The fraction of sp³-hybridized carbons (Fsp3) is 0.667. The second-order valence-corrected chi connectivity index (χ2v) is 2.29. The monoisotopic (exact) mass is 127 g/mol. The SMILES string of the molecule is CN1CCC(C=O)C1=O. The Balaban J connectivity index is 2.61. The summed E-state index contributed by atoms with van der Waals surface area (Å²) in [5, 5.41) is 0. The number of likely N-dealkylation sites (tertiary alicyclic amines) is 1. The molecule has 1 heterocycles. The average molecular weight is 127 g/mol. The van der Waals surface area contributed by atoms with Crippen molar-refractivity contribution in [3.05, 3.63) is 0 Å². The van der Waals surface area contributed by atoms with Crippen LogP contribution in [0, 0.1) is 5.92 Å². The van der Waals surface area contributed by atoms with E-state index >= 15 is 0 Å². The molecule has 0 aromatic rings. The fourth-order valence-electron chi connectivity index (χ4n) is 0.976. The van der Waals surface area contributed by atoms with Crippen LogP contribution in [0.2, 0.25) is 0 Å². The first-order valence-electron chi connectivity index (χ1n) is 2.96. The molecule has 0 saturated carbocycles. The van der Waals surface area contributed by atoms with Crippen LogP contribution in [-0.2, 0) is 9.59 Å². The van der Waals surface area contributed by atoms with Crippen LogP contribution in [0.15, 0.2) is 0 Å². The fourth-order valence-corrected chi connectivity index (χ4v) is 0.976. The standard InChI is InChI=1S/C6H9NO2/c1-7-3-2-5(4-8)6(7)9/h4-5H,2-3H2,1H3. The Bertz CT molecular complexity index is 144. The summed E-state index contributed by atoms with van der Waals surface area (Å²) in [4.78, 5) is 22.5. The number of rotatable bonds is 1. The molecule has 0 N–H and O–H groups in total. The zero-order valence-corrected chi connectivity index (χ0v) is 5.33. The Hall–Kier alpha value is -0.860. The molecule has 0 bridgehead atoms. The zero-order chi connectivity index (χ0) is 6.85. The second-order valence-electron chi connectivity index (χ2n) is 2.29. The topological polar surface area (TPSA) is 37.4 Å². The van der Waals surface area contributed by atoms with Crippen molar-refractivity contribution < 1.29 is 9.59 Å². The van der Waals surface area contributed by atoms with E-state index in [4.69, 9.17) is 0 Å². The van der Waals surface area contributed by atoms with E-state index in [0.29, 0.717) is 6.42 Å². The summed E-state index contributed by atoms with van der Waals surface area (Å²) in [5.41, 5.74) is 0. The van der Waals surface area contributed by atoms with E-state index in [-0.39, 0.29) is 11.8 Å². The van der Waals surface area contributed by atoms with Gasteiger partial charge in [-0.1, -0.05) is 0 Å². The molecule has 1 fully saturated rings. The van der Waals surface area contributed by atoms with Gasteiger partial charge in [0.1, 0.15) is 6.29 Å². The number of amides is 1. The van der Waals surface area contributed by atoms with Crippen LogP contribution in [0.25, 0.3) is 0 Å². The van der Waals surface area contributed by atoms with Crippen molar-refractivity contribution in [1.82, 2.24) is 4.90 Å². The minimum Gasteiger partial charge on any atom is -0.345 e. The zero-order valence-electron chi connectivity index (χ0n) is 5.33. The van der Waals surface area contributed by atoms with Gasteiger partial charge in [-0.05, 0) is 6.42 Å². The van der Waals surface area contributed by atoms with Gasteiger partial charge in [0, 0.05) is 13.6 Å². The molecule has 9 heavy (non-hydrogen) atoms. The third-order valence-corrected chi connectivity index (χ3v) is 1.63. The van der Waals surface area contributed by atoms with Crippen LogP contribution >= 0.6 is 0 Å². The lowest BCUT2D eigenvalue weighted by Crippen LogP contribution is -2.22. The summed E-state index contributed by atoms with van der Waals surface area (Å²) in [7, 11) is 1.71. The number of hydrogen-bond donors (Lipinski definition) is 0. The largest absolute Gasteiger partial charge is 0.345 e. The summed E-state index contributed by atoms with van der Waals surface area (Å²) >= 11 is 0. The molecule has 3 heteroatoms. The lowest BCUT2D eigenvalue weighted by Gasteiger charge is -2.04. The molecule has 1 unspecified atom stereocenters. The predicted octanol–water partition coefficient (Wildman–Crippen LogP) is -0.336. The summed E-state index contributed by atoms with van der Waals surface area (Å²) in [6, 6.07) is 0. The smallest absolute Gasteiger partial charge is 0.232 e. The number of carbonyl (C=O) groups is 2. The quantitative estimate of drug-likeness (QED) is 0.357. The van der Waals surface area contributed by atoms with Crippen LogP contribution in [0.4, 0.5) is 0 Å². The molecule has 0 aromatic carbocycles. The molecule has 0 aliphatic carbocycles. The van der Waals surface area contributed by atoms with Crippen LogP contribution in [0.3, 0.4) is 0 Å². The number of carbonyl (C=O) groups excluding carboxylic acids is 2. The van der Waals surface area contributed by atoms with E-state index in [9.17, 15) is 9.59 Å². The molecule has 1 aliphatic heterocycles. The average Bonchev–Trinajstić information content (AvgIpc) is 2.15. The molecule has 0 aromatic heterocycles. The van der Waals surface area contributed by atoms with Crippen molar-refractivity contribution in [3.8, 4) is 0 Å². The Kier molecular flexibility index (Phi) is 1.51. The Morgan fingerprint density at radius 3 is 2.67 bits per heavy atom. The van der Waals surface area contributed by atoms with Gasteiger partial charge in [-0.15, -0.1) is 0 Å². The highest BCUT2D eigenvalue weighted by atomic mass is 16.2. The van der Waals surface area contributed by atoms with E-state index in [2.05, 4.69) is 0 Å². The van der Waals surface area contributed by atoms with Crippen molar-refractivity contribution in [2.45, 2.75) is 6.42 Å². The molecule has 1 saturated heterocycles. The third kappa shape index (κ3) is 0.943. The van der Waals surface area contributed by atoms with Gasteiger partial charge in [-0.25, -0.2) is 0 Å². The van der Waals surface area contributed by atoms with E-state index < -0.39 is 0 Å². The second kappa shape index (κ2) is 2.17. The number of aldehydes is 1. The summed E-state index contributed by atoms with van der Waals surface area (Å²) < 4.78 is 0. The summed E-state index contributed by atoms with van der Waals surface area (Å²) in [6.45, 7) is 0.724. The molecule has 50 valence electrons. The molecule has 0 spiro atoms. The van der Waals surface area contributed by atoms with Crippen LogP contribution in [0.1, 0.15) is 6.42 Å². The van der Waals surface area contributed by atoms with Gasteiger partial charge in [0.05, 0.1) is 5.92 Å². The summed E-state index contributed by atoms with van der Waals surface area (Å²) in [5.74, 6) is -0.389.